The second-order valence-corrected chi connectivity index (χ2v) is 4.87. The number of fused-ring (bicyclic) bond motifs is 1. The Morgan fingerprint density at radius 1 is 1.33 bits per heavy atom. The predicted octanol–water partition coefficient (Wildman–Crippen LogP) is 2.73. The van der Waals surface area contributed by atoms with Crippen LogP contribution in [-0.2, 0) is 4.79 Å². The van der Waals surface area contributed by atoms with Crippen LogP contribution < -0.4 is 10.6 Å². The second-order valence-electron chi connectivity index (χ2n) is 4.02. The molecule has 0 atom stereocenters. The Labute approximate surface area is 95.2 Å². The van der Waals surface area contributed by atoms with Gasteiger partial charge in [0.05, 0.1) is 15.8 Å². The van der Waals surface area contributed by atoms with Crippen LogP contribution in [0.4, 0.5) is 15.8 Å². The van der Waals surface area contributed by atoms with Crippen LogP contribution in [0, 0.1) is 5.82 Å². The molecule has 3 nitrogen and oxygen atoms in total. The first-order valence-corrected chi connectivity index (χ1v) is 5.28. The Kier molecular flexibility index (Phi) is 2.22. The summed E-state index contributed by atoms with van der Waals surface area (Å²) < 4.78 is 13.6. The van der Waals surface area contributed by atoms with Gasteiger partial charge in [-0.05, 0) is 35.8 Å². The maximum atomic E-state index is 13.2. The van der Waals surface area contributed by atoms with Gasteiger partial charge < -0.3 is 10.6 Å². The zero-order valence-electron chi connectivity index (χ0n) is 8.32. The molecule has 0 spiro atoms. The summed E-state index contributed by atoms with van der Waals surface area (Å²) in [7, 11) is 0. The van der Waals surface area contributed by atoms with Crippen molar-refractivity contribution in [1.82, 2.24) is 0 Å². The van der Waals surface area contributed by atoms with E-state index in [2.05, 4.69) is 26.6 Å². The molecular weight excluding hydrogens is 263 g/mol. The molecule has 0 saturated heterocycles. The van der Waals surface area contributed by atoms with Crippen molar-refractivity contribution >= 4 is 33.2 Å². The summed E-state index contributed by atoms with van der Waals surface area (Å²) in [5.74, 6) is -0.563. The lowest BCUT2D eigenvalue weighted by Gasteiger charge is -2.32. The van der Waals surface area contributed by atoms with Crippen LogP contribution in [0.5, 0.6) is 0 Å². The molecule has 1 amide bonds. The second kappa shape index (κ2) is 3.20. The monoisotopic (exact) mass is 272 g/mol. The van der Waals surface area contributed by atoms with E-state index in [0.717, 1.165) is 0 Å². The fraction of sp³-hybridized carbons (Fsp3) is 0.300. The van der Waals surface area contributed by atoms with Gasteiger partial charge in [0.25, 0.3) is 0 Å². The molecule has 0 radical (unpaired) electrons. The summed E-state index contributed by atoms with van der Waals surface area (Å²) in [6.45, 7) is 3.53. The van der Waals surface area contributed by atoms with Crippen molar-refractivity contribution in [3.8, 4) is 0 Å². The Bertz CT molecular complexity index is 445. The standard InChI is InChI=1S/C10H10BrFN2O/c1-10(2)9(15)13-7-4-6(12)5(11)3-8(7)14-10/h3-4,14H,1-2H3,(H,13,15). The van der Waals surface area contributed by atoms with Crippen LogP contribution in [0.1, 0.15) is 13.8 Å². The molecule has 1 aliphatic heterocycles. The number of hydrogen-bond acceptors (Lipinski definition) is 2. The molecule has 0 unspecified atom stereocenters. The van der Waals surface area contributed by atoms with Crippen molar-refractivity contribution in [2.24, 2.45) is 0 Å². The average molecular weight is 273 g/mol. The van der Waals surface area contributed by atoms with Crippen molar-refractivity contribution in [1.29, 1.82) is 0 Å². The molecule has 15 heavy (non-hydrogen) atoms. The summed E-state index contributed by atoms with van der Waals surface area (Å²) in [5, 5.41) is 5.70. The van der Waals surface area contributed by atoms with Gasteiger partial charge >= 0.3 is 0 Å². The summed E-state index contributed by atoms with van der Waals surface area (Å²) >= 11 is 3.10. The summed E-state index contributed by atoms with van der Waals surface area (Å²) in [4.78, 5) is 11.6. The summed E-state index contributed by atoms with van der Waals surface area (Å²) in [5.41, 5.74) is 0.512. The highest BCUT2D eigenvalue weighted by Crippen LogP contribution is 2.34. The number of carbonyl (C=O) groups excluding carboxylic acids is 1. The van der Waals surface area contributed by atoms with E-state index < -0.39 is 11.4 Å². The van der Waals surface area contributed by atoms with Gasteiger partial charge in [0, 0.05) is 6.07 Å². The lowest BCUT2D eigenvalue weighted by molar-refractivity contribution is -0.119. The molecule has 1 aliphatic rings. The molecule has 1 heterocycles. The fourth-order valence-electron chi connectivity index (χ4n) is 1.43. The van der Waals surface area contributed by atoms with Gasteiger partial charge in [0.15, 0.2) is 0 Å². The van der Waals surface area contributed by atoms with Crippen LogP contribution in [0.25, 0.3) is 0 Å². The van der Waals surface area contributed by atoms with Crippen molar-refractivity contribution < 1.29 is 9.18 Å². The Morgan fingerprint density at radius 2 is 2.00 bits per heavy atom. The number of anilines is 2. The van der Waals surface area contributed by atoms with Gasteiger partial charge in [-0.15, -0.1) is 0 Å². The third-order valence-corrected chi connectivity index (χ3v) is 2.93. The van der Waals surface area contributed by atoms with Crippen LogP contribution in [-0.4, -0.2) is 11.4 Å². The molecule has 0 fully saturated rings. The molecule has 1 aromatic carbocycles. The van der Waals surface area contributed by atoms with E-state index in [-0.39, 0.29) is 5.91 Å². The number of carbonyl (C=O) groups is 1. The van der Waals surface area contributed by atoms with E-state index in [1.54, 1.807) is 19.9 Å². The first kappa shape index (κ1) is 10.4. The third-order valence-electron chi connectivity index (χ3n) is 2.32. The number of halogens is 2. The summed E-state index contributed by atoms with van der Waals surface area (Å²) in [6.07, 6.45) is 0. The minimum atomic E-state index is -0.676. The normalized spacial score (nSPS) is 17.7. The number of hydrogen-bond donors (Lipinski definition) is 2. The lowest BCUT2D eigenvalue weighted by Crippen LogP contribution is -2.47. The van der Waals surface area contributed by atoms with Gasteiger partial charge in [-0.25, -0.2) is 4.39 Å². The highest BCUT2D eigenvalue weighted by atomic mass is 79.9. The van der Waals surface area contributed by atoms with Gasteiger partial charge in [-0.2, -0.15) is 0 Å². The molecule has 0 aromatic heterocycles. The first-order valence-electron chi connectivity index (χ1n) is 4.49. The van der Waals surface area contributed by atoms with Gasteiger partial charge in [0.2, 0.25) is 5.91 Å². The van der Waals surface area contributed by atoms with Crippen LogP contribution in [0.3, 0.4) is 0 Å². The fourth-order valence-corrected chi connectivity index (χ4v) is 1.77. The summed E-state index contributed by atoms with van der Waals surface area (Å²) in [6, 6.07) is 2.91. The van der Waals surface area contributed by atoms with Crippen molar-refractivity contribution in [3.05, 3.63) is 22.4 Å². The van der Waals surface area contributed by atoms with Gasteiger partial charge in [-0.1, -0.05) is 0 Å². The van der Waals surface area contributed by atoms with Crippen molar-refractivity contribution in [3.63, 3.8) is 0 Å². The first-order chi connectivity index (χ1) is 6.90. The molecule has 0 bridgehead atoms. The lowest BCUT2D eigenvalue weighted by atomic mass is 10.00. The molecule has 5 heteroatoms. The molecule has 0 saturated carbocycles. The minimum Gasteiger partial charge on any atom is -0.370 e. The maximum Gasteiger partial charge on any atom is 0.249 e. The molecular formula is C10H10BrFN2O. The van der Waals surface area contributed by atoms with Crippen molar-refractivity contribution in [2.75, 3.05) is 10.6 Å². The SMILES string of the molecule is CC1(C)Nc2cc(Br)c(F)cc2NC1=O. The molecule has 2 N–H and O–H groups in total. The highest BCUT2D eigenvalue weighted by Gasteiger charge is 2.33. The van der Waals surface area contributed by atoms with Crippen molar-refractivity contribution in [2.45, 2.75) is 19.4 Å². The van der Waals surface area contributed by atoms with Gasteiger partial charge in [-0.3, -0.25) is 4.79 Å². The zero-order valence-corrected chi connectivity index (χ0v) is 9.90. The van der Waals surface area contributed by atoms with E-state index in [0.29, 0.717) is 15.8 Å². The topological polar surface area (TPSA) is 41.1 Å². The maximum absolute atomic E-state index is 13.2. The molecule has 0 aliphatic carbocycles. The molecule has 2 rings (SSSR count). The van der Waals surface area contributed by atoms with E-state index in [1.165, 1.54) is 6.07 Å². The van der Waals surface area contributed by atoms with E-state index in [4.69, 9.17) is 0 Å². The Morgan fingerprint density at radius 3 is 2.67 bits per heavy atom. The third kappa shape index (κ3) is 1.71. The Hall–Kier alpha value is -1.10. The van der Waals surface area contributed by atoms with Crippen LogP contribution in [0.15, 0.2) is 16.6 Å². The van der Waals surface area contributed by atoms with E-state index in [1.807, 2.05) is 0 Å². The average Bonchev–Trinajstić information content (AvgIpc) is 2.11. The minimum absolute atomic E-state index is 0.170. The quantitative estimate of drug-likeness (QED) is 0.763. The Balaban J connectivity index is 2.51. The molecule has 1 aromatic rings. The number of nitrogens with one attached hydrogen (secondary N) is 2. The van der Waals surface area contributed by atoms with E-state index in [9.17, 15) is 9.18 Å². The zero-order chi connectivity index (χ0) is 11.2. The highest BCUT2D eigenvalue weighted by molar-refractivity contribution is 9.10. The van der Waals surface area contributed by atoms with Crippen LogP contribution in [0.2, 0.25) is 0 Å². The van der Waals surface area contributed by atoms with Gasteiger partial charge in [0.1, 0.15) is 11.4 Å². The predicted molar refractivity (Wildman–Crippen MR) is 60.4 cm³/mol. The largest absolute Gasteiger partial charge is 0.370 e. The number of rotatable bonds is 0. The van der Waals surface area contributed by atoms with E-state index >= 15 is 0 Å². The molecule has 80 valence electrons. The number of amides is 1. The smallest absolute Gasteiger partial charge is 0.249 e. The number of benzene rings is 1. The van der Waals surface area contributed by atoms with Crippen LogP contribution >= 0.6 is 15.9 Å².